The summed E-state index contributed by atoms with van der Waals surface area (Å²) in [7, 11) is 3.82. The first-order valence-electron chi connectivity index (χ1n) is 5.18. The Morgan fingerprint density at radius 3 is 2.13 bits per heavy atom. The molecule has 15 heavy (non-hydrogen) atoms. The van der Waals surface area contributed by atoms with Gasteiger partial charge in [-0.3, -0.25) is 0 Å². The third-order valence-corrected chi connectivity index (χ3v) is 6.28. The number of halogens is 1. The second kappa shape index (κ2) is 6.05. The van der Waals surface area contributed by atoms with Crippen molar-refractivity contribution in [2.75, 3.05) is 25.7 Å². The van der Waals surface area contributed by atoms with Crippen molar-refractivity contribution >= 4 is 10.9 Å². The fraction of sp³-hybridized carbons (Fsp3) is 1.00. The average Bonchev–Trinajstić information content (AvgIpc) is 2.62. The van der Waals surface area contributed by atoms with Crippen molar-refractivity contribution in [3.8, 4) is 0 Å². The minimum absolute atomic E-state index is 0. The van der Waals surface area contributed by atoms with E-state index in [1.165, 1.54) is 11.5 Å². The van der Waals surface area contributed by atoms with Crippen LogP contribution in [-0.4, -0.2) is 54.4 Å². The van der Waals surface area contributed by atoms with Gasteiger partial charge in [0.15, 0.2) is 5.25 Å². The summed E-state index contributed by atoms with van der Waals surface area (Å²) >= 11 is 0. The zero-order valence-electron chi connectivity index (χ0n) is 9.19. The van der Waals surface area contributed by atoms with Gasteiger partial charge in [0.25, 0.3) is 0 Å². The largest absolute Gasteiger partial charge is 1.00 e. The predicted molar refractivity (Wildman–Crippen MR) is 57.7 cm³/mol. The fourth-order valence-electron chi connectivity index (χ4n) is 2.60. The van der Waals surface area contributed by atoms with Crippen molar-refractivity contribution in [2.45, 2.75) is 36.4 Å². The molecule has 90 valence electrons. The Morgan fingerprint density at radius 2 is 1.60 bits per heavy atom. The van der Waals surface area contributed by atoms with Crippen LogP contribution in [-0.2, 0) is 20.4 Å². The van der Waals surface area contributed by atoms with Crippen molar-refractivity contribution in [1.82, 2.24) is 0 Å². The number of hydrogen-bond acceptors (Lipinski definition) is 3. The predicted octanol–water partition coefficient (Wildman–Crippen LogP) is -2.82. The SMILES string of the molecule is CO[C@@H]1CC[S+]2CC[C@@H](OC)[C@H]2[C@@H]1O.[I-]. The van der Waals surface area contributed by atoms with Gasteiger partial charge in [-0.25, -0.2) is 0 Å². The molecule has 2 saturated heterocycles. The van der Waals surface area contributed by atoms with E-state index >= 15 is 0 Å². The first-order valence-corrected chi connectivity index (χ1v) is 6.80. The molecule has 3 nitrogen and oxygen atoms in total. The molecule has 5 atom stereocenters. The Kier molecular flexibility index (Phi) is 5.65. The van der Waals surface area contributed by atoms with Crippen LogP contribution in [0.25, 0.3) is 0 Å². The topological polar surface area (TPSA) is 38.7 Å². The van der Waals surface area contributed by atoms with Crippen LogP contribution in [0.15, 0.2) is 0 Å². The summed E-state index contributed by atoms with van der Waals surface area (Å²) in [6.45, 7) is 0. The lowest BCUT2D eigenvalue weighted by Gasteiger charge is -2.32. The van der Waals surface area contributed by atoms with E-state index in [0.29, 0.717) is 16.1 Å². The van der Waals surface area contributed by atoms with Crippen LogP contribution in [0.4, 0.5) is 0 Å². The molecule has 5 heteroatoms. The maximum Gasteiger partial charge on any atom is 0.172 e. The quantitative estimate of drug-likeness (QED) is 0.433. The van der Waals surface area contributed by atoms with E-state index in [-0.39, 0.29) is 42.3 Å². The maximum atomic E-state index is 10.1. The van der Waals surface area contributed by atoms with E-state index in [2.05, 4.69) is 0 Å². The Bertz CT molecular complexity index is 199. The highest BCUT2D eigenvalue weighted by atomic mass is 127. The third-order valence-electron chi connectivity index (χ3n) is 3.40. The number of fused-ring (bicyclic) bond motifs is 1. The van der Waals surface area contributed by atoms with Gasteiger partial charge in [-0.15, -0.1) is 0 Å². The standard InChI is InChI=1S/C10H19O3S.HI/c1-12-7-3-5-14-6-4-8(13-2)10(14)9(7)11;/h7-11H,3-6H2,1-2H3;1H/q+1;/p-1/t7-,8-,9-,10+,14?;/m1./s1. The number of hydrogen-bond donors (Lipinski definition) is 1. The maximum absolute atomic E-state index is 10.1. The smallest absolute Gasteiger partial charge is 0.172 e. The molecule has 2 fully saturated rings. The van der Waals surface area contributed by atoms with Gasteiger partial charge in [0, 0.05) is 27.1 Å². The van der Waals surface area contributed by atoms with Gasteiger partial charge in [-0.2, -0.15) is 0 Å². The molecule has 2 aliphatic heterocycles. The molecule has 1 unspecified atom stereocenters. The van der Waals surface area contributed by atoms with Crippen molar-refractivity contribution in [1.29, 1.82) is 0 Å². The van der Waals surface area contributed by atoms with Crippen LogP contribution < -0.4 is 24.0 Å². The Hall–Kier alpha value is 0.960. The molecular weight excluding hydrogens is 327 g/mol. The molecule has 0 aromatic heterocycles. The summed E-state index contributed by atoms with van der Waals surface area (Å²) in [5.41, 5.74) is 0. The van der Waals surface area contributed by atoms with Gasteiger partial charge in [0.2, 0.25) is 0 Å². The van der Waals surface area contributed by atoms with Crippen molar-refractivity contribution in [2.24, 2.45) is 0 Å². The van der Waals surface area contributed by atoms with Crippen molar-refractivity contribution in [3.63, 3.8) is 0 Å². The van der Waals surface area contributed by atoms with Crippen LogP contribution in [0.2, 0.25) is 0 Å². The van der Waals surface area contributed by atoms with Gasteiger partial charge >= 0.3 is 0 Å². The van der Waals surface area contributed by atoms with Gasteiger partial charge in [-0.05, 0) is 10.9 Å². The lowest BCUT2D eigenvalue weighted by Crippen LogP contribution is -3.00. The van der Waals surface area contributed by atoms with Crippen molar-refractivity contribution in [3.05, 3.63) is 0 Å². The molecule has 0 spiro atoms. The highest BCUT2D eigenvalue weighted by molar-refractivity contribution is 7.97. The third kappa shape index (κ3) is 2.62. The summed E-state index contributed by atoms with van der Waals surface area (Å²) in [5.74, 6) is 2.44. The van der Waals surface area contributed by atoms with E-state index in [4.69, 9.17) is 9.47 Å². The zero-order valence-corrected chi connectivity index (χ0v) is 12.2. The minimum atomic E-state index is -0.315. The first kappa shape index (κ1) is 14.0. The molecule has 2 heterocycles. The van der Waals surface area contributed by atoms with E-state index in [9.17, 15) is 5.11 Å². The second-order valence-electron chi connectivity index (χ2n) is 4.03. The van der Waals surface area contributed by atoms with Gasteiger partial charge in [0.1, 0.15) is 23.7 Å². The minimum Gasteiger partial charge on any atom is -1.00 e. The number of rotatable bonds is 2. The molecular formula is C10H19IO3S. The van der Waals surface area contributed by atoms with Gasteiger partial charge in [0.05, 0.1) is 6.10 Å². The van der Waals surface area contributed by atoms with Crippen LogP contribution in [0, 0.1) is 0 Å². The molecule has 0 bridgehead atoms. The normalized spacial score (nSPS) is 44.6. The number of aliphatic hydroxyl groups excluding tert-OH is 1. The van der Waals surface area contributed by atoms with Crippen LogP contribution in [0.3, 0.4) is 0 Å². The summed E-state index contributed by atoms with van der Waals surface area (Å²) in [6.07, 6.45) is 2.08. The van der Waals surface area contributed by atoms with Crippen LogP contribution in [0.5, 0.6) is 0 Å². The van der Waals surface area contributed by atoms with E-state index < -0.39 is 0 Å². The number of aliphatic hydroxyl groups is 1. The highest BCUT2D eigenvalue weighted by Crippen LogP contribution is 2.34. The molecule has 0 saturated carbocycles. The van der Waals surface area contributed by atoms with Crippen molar-refractivity contribution < 1.29 is 38.6 Å². The molecule has 0 amide bonds. The summed E-state index contributed by atoms with van der Waals surface area (Å²) in [6, 6.07) is 0. The Balaban J connectivity index is 0.00000112. The molecule has 1 N–H and O–H groups in total. The van der Waals surface area contributed by atoms with Gasteiger partial charge in [-0.1, -0.05) is 0 Å². The van der Waals surface area contributed by atoms with Crippen LogP contribution in [0.1, 0.15) is 12.8 Å². The van der Waals surface area contributed by atoms with Gasteiger partial charge < -0.3 is 38.6 Å². The average molecular weight is 346 g/mol. The molecule has 2 rings (SSSR count). The molecule has 0 aromatic rings. The Labute approximate surface area is 111 Å². The fourth-order valence-corrected chi connectivity index (χ4v) is 5.66. The molecule has 2 aliphatic rings. The highest BCUT2D eigenvalue weighted by Gasteiger charge is 2.54. The number of methoxy groups -OCH3 is 2. The second-order valence-corrected chi connectivity index (χ2v) is 6.46. The van der Waals surface area contributed by atoms with Crippen LogP contribution >= 0.6 is 0 Å². The molecule has 0 aliphatic carbocycles. The lowest BCUT2D eigenvalue weighted by atomic mass is 10.0. The summed E-state index contributed by atoms with van der Waals surface area (Å²) in [5, 5.41) is 10.5. The molecule has 0 aromatic carbocycles. The van der Waals surface area contributed by atoms with E-state index in [1.807, 2.05) is 0 Å². The molecule has 0 radical (unpaired) electrons. The zero-order chi connectivity index (χ0) is 10.1. The first-order chi connectivity index (χ1) is 6.77. The van der Waals surface area contributed by atoms with E-state index in [1.54, 1.807) is 14.2 Å². The van der Waals surface area contributed by atoms with E-state index in [0.717, 1.165) is 12.8 Å². The number of ether oxygens (including phenoxy) is 2. The summed E-state index contributed by atoms with van der Waals surface area (Å²) < 4.78 is 10.7. The summed E-state index contributed by atoms with van der Waals surface area (Å²) in [4.78, 5) is 0. The monoisotopic (exact) mass is 346 g/mol. The lowest BCUT2D eigenvalue weighted by molar-refractivity contribution is -0.0397. The Morgan fingerprint density at radius 1 is 1.07 bits per heavy atom.